The lowest BCUT2D eigenvalue weighted by Crippen LogP contribution is -2.44. The van der Waals surface area contributed by atoms with E-state index in [1.54, 1.807) is 29.3 Å². The van der Waals surface area contributed by atoms with E-state index >= 15 is 0 Å². The van der Waals surface area contributed by atoms with Crippen molar-refractivity contribution in [2.75, 3.05) is 13.1 Å². The zero-order chi connectivity index (χ0) is 14.6. The van der Waals surface area contributed by atoms with Crippen LogP contribution in [0.3, 0.4) is 0 Å². The molecule has 0 spiro atoms. The Balaban J connectivity index is 2.16. The van der Waals surface area contributed by atoms with Gasteiger partial charge in [0.25, 0.3) is 10.0 Å². The molecule has 1 atom stereocenters. The molecule has 0 amide bonds. The maximum atomic E-state index is 12.3. The van der Waals surface area contributed by atoms with Gasteiger partial charge in [0.05, 0.1) is 11.0 Å². The van der Waals surface area contributed by atoms with Gasteiger partial charge >= 0.3 is 0 Å². The summed E-state index contributed by atoms with van der Waals surface area (Å²) < 4.78 is 24.7. The highest BCUT2D eigenvalue weighted by molar-refractivity contribution is 7.89. The number of aliphatic hydroxyl groups excluding tert-OH is 1. The number of benzene rings is 1. The van der Waals surface area contributed by atoms with Crippen LogP contribution in [0.4, 0.5) is 0 Å². The van der Waals surface area contributed by atoms with Crippen molar-refractivity contribution in [3.8, 4) is 0 Å². The monoisotopic (exact) mass is 298 g/mol. The minimum absolute atomic E-state index is 0.202. The predicted octanol–water partition coefficient (Wildman–Crippen LogP) is 1.81. The number of rotatable bonds is 5. The van der Waals surface area contributed by atoms with E-state index < -0.39 is 16.1 Å². The van der Waals surface area contributed by atoms with Crippen molar-refractivity contribution >= 4 is 10.0 Å². The molecule has 1 aromatic carbocycles. The van der Waals surface area contributed by atoms with E-state index in [9.17, 15) is 13.5 Å². The van der Waals surface area contributed by atoms with Crippen molar-refractivity contribution in [2.45, 2.75) is 43.6 Å². The van der Waals surface area contributed by atoms with Gasteiger partial charge in [-0.2, -0.15) is 0 Å². The van der Waals surface area contributed by atoms with Gasteiger partial charge in [0.15, 0.2) is 0 Å². The Morgan fingerprint density at radius 1 is 1.30 bits per heavy atom. The molecule has 0 aromatic heterocycles. The van der Waals surface area contributed by atoms with Crippen LogP contribution in [-0.4, -0.2) is 31.6 Å². The van der Waals surface area contributed by atoms with E-state index in [1.807, 2.05) is 6.92 Å². The molecule has 5 nitrogen and oxygen atoms in total. The molecule has 1 saturated heterocycles. The molecule has 1 fully saturated rings. The molecular formula is C14H22N2O3S. The zero-order valence-electron chi connectivity index (χ0n) is 11.7. The number of sulfonamides is 1. The topological polar surface area (TPSA) is 69.6 Å². The molecule has 1 aromatic rings. The quantitative estimate of drug-likeness (QED) is 0.870. The van der Waals surface area contributed by atoms with Gasteiger partial charge in [-0.05, 0) is 37.0 Å². The molecule has 2 N–H and O–H groups in total. The van der Waals surface area contributed by atoms with Crippen molar-refractivity contribution in [2.24, 2.45) is 0 Å². The van der Waals surface area contributed by atoms with E-state index in [-0.39, 0.29) is 4.90 Å². The fourth-order valence-electron chi connectivity index (χ4n) is 2.33. The molecule has 6 heteroatoms. The summed E-state index contributed by atoms with van der Waals surface area (Å²) in [6.07, 6.45) is 3.10. The maximum Gasteiger partial charge on any atom is 0.253 e. The summed E-state index contributed by atoms with van der Waals surface area (Å²) in [5.41, 5.74) is 0.633. The van der Waals surface area contributed by atoms with Gasteiger partial charge in [-0.1, -0.05) is 25.5 Å². The van der Waals surface area contributed by atoms with Gasteiger partial charge in [-0.15, -0.1) is 4.83 Å². The first-order chi connectivity index (χ1) is 9.53. The zero-order valence-corrected chi connectivity index (χ0v) is 12.6. The number of hydrogen-bond acceptors (Lipinski definition) is 4. The molecule has 112 valence electrons. The molecule has 2 rings (SSSR count). The average molecular weight is 298 g/mol. The van der Waals surface area contributed by atoms with Crippen molar-refractivity contribution in [1.29, 1.82) is 0 Å². The first kappa shape index (κ1) is 15.4. The van der Waals surface area contributed by atoms with Crippen LogP contribution in [0.25, 0.3) is 0 Å². The summed E-state index contributed by atoms with van der Waals surface area (Å²) >= 11 is 0. The Bertz CT molecular complexity index is 539. The number of hydrogen-bond donors (Lipinski definition) is 2. The van der Waals surface area contributed by atoms with Crippen LogP contribution < -0.4 is 4.83 Å². The third-order valence-electron chi connectivity index (χ3n) is 3.55. The second-order valence-electron chi connectivity index (χ2n) is 5.14. The molecule has 0 saturated carbocycles. The van der Waals surface area contributed by atoms with Gasteiger partial charge < -0.3 is 5.11 Å². The van der Waals surface area contributed by atoms with E-state index in [0.717, 1.165) is 32.4 Å². The van der Waals surface area contributed by atoms with Gasteiger partial charge in [0.1, 0.15) is 0 Å². The number of nitrogens with one attached hydrogen (secondary N) is 1. The highest BCUT2D eigenvalue weighted by atomic mass is 32.2. The van der Waals surface area contributed by atoms with E-state index in [2.05, 4.69) is 4.83 Å². The molecular weight excluding hydrogens is 276 g/mol. The second-order valence-corrected chi connectivity index (χ2v) is 6.80. The van der Waals surface area contributed by atoms with E-state index in [4.69, 9.17) is 0 Å². The Morgan fingerprint density at radius 2 is 2.00 bits per heavy atom. The lowest BCUT2D eigenvalue weighted by Gasteiger charge is -2.26. The van der Waals surface area contributed by atoms with Crippen LogP contribution in [0.15, 0.2) is 29.2 Å². The summed E-state index contributed by atoms with van der Waals surface area (Å²) in [4.78, 5) is 2.82. The average Bonchev–Trinajstić information content (AvgIpc) is 2.47. The third kappa shape index (κ3) is 3.79. The van der Waals surface area contributed by atoms with E-state index in [0.29, 0.717) is 12.0 Å². The molecule has 1 aliphatic heterocycles. The minimum Gasteiger partial charge on any atom is -0.388 e. The number of piperidine rings is 1. The largest absolute Gasteiger partial charge is 0.388 e. The van der Waals surface area contributed by atoms with Crippen LogP contribution in [0.5, 0.6) is 0 Å². The Hall–Kier alpha value is -0.950. The third-order valence-corrected chi connectivity index (χ3v) is 4.92. The van der Waals surface area contributed by atoms with Crippen LogP contribution >= 0.6 is 0 Å². The van der Waals surface area contributed by atoms with Crippen LogP contribution in [-0.2, 0) is 10.0 Å². The first-order valence-corrected chi connectivity index (χ1v) is 8.56. The Kier molecular flexibility index (Phi) is 5.15. The van der Waals surface area contributed by atoms with Crippen molar-refractivity contribution < 1.29 is 13.5 Å². The Labute approximate surface area is 120 Å². The number of hydrazine groups is 1. The molecule has 0 aliphatic carbocycles. The number of aliphatic hydroxyl groups is 1. The smallest absolute Gasteiger partial charge is 0.253 e. The summed E-state index contributed by atoms with van der Waals surface area (Å²) in [5, 5.41) is 11.6. The van der Waals surface area contributed by atoms with Gasteiger partial charge in [-0.25, -0.2) is 13.4 Å². The summed E-state index contributed by atoms with van der Waals surface area (Å²) in [5.74, 6) is 0. The number of nitrogens with zero attached hydrogens (tertiary/aromatic N) is 1. The molecule has 1 unspecified atom stereocenters. The van der Waals surface area contributed by atoms with Gasteiger partial charge in [0, 0.05) is 13.1 Å². The lowest BCUT2D eigenvalue weighted by molar-refractivity contribution is 0.173. The second kappa shape index (κ2) is 6.67. The highest BCUT2D eigenvalue weighted by Crippen LogP contribution is 2.20. The maximum absolute atomic E-state index is 12.3. The van der Waals surface area contributed by atoms with Gasteiger partial charge in [0.2, 0.25) is 0 Å². The normalized spacial score (nSPS) is 18.9. The van der Waals surface area contributed by atoms with Crippen LogP contribution in [0.1, 0.15) is 44.3 Å². The molecule has 1 heterocycles. The molecule has 0 bridgehead atoms. The minimum atomic E-state index is -3.56. The van der Waals surface area contributed by atoms with Crippen molar-refractivity contribution in [3.63, 3.8) is 0 Å². The summed E-state index contributed by atoms with van der Waals surface area (Å²) in [6.45, 7) is 3.35. The summed E-state index contributed by atoms with van der Waals surface area (Å²) in [7, 11) is -3.56. The van der Waals surface area contributed by atoms with E-state index in [1.165, 1.54) is 0 Å². The van der Waals surface area contributed by atoms with Crippen molar-refractivity contribution in [3.05, 3.63) is 29.8 Å². The lowest BCUT2D eigenvalue weighted by atomic mass is 10.1. The standard InChI is InChI=1S/C14H22N2O3S/c1-2-14(17)12-7-6-8-13(11-12)20(18,19)15-16-9-4-3-5-10-16/h6-8,11,14-15,17H,2-5,9-10H2,1H3. The first-order valence-electron chi connectivity index (χ1n) is 7.08. The molecule has 1 aliphatic rings. The fraction of sp³-hybridized carbons (Fsp3) is 0.571. The van der Waals surface area contributed by atoms with Crippen LogP contribution in [0.2, 0.25) is 0 Å². The fourth-order valence-corrected chi connectivity index (χ4v) is 3.51. The SMILES string of the molecule is CCC(O)c1cccc(S(=O)(=O)NN2CCCCC2)c1. The van der Waals surface area contributed by atoms with Crippen molar-refractivity contribution in [1.82, 2.24) is 9.84 Å². The predicted molar refractivity (Wildman–Crippen MR) is 77.4 cm³/mol. The van der Waals surface area contributed by atoms with Crippen LogP contribution in [0, 0.1) is 0 Å². The highest BCUT2D eigenvalue weighted by Gasteiger charge is 2.20. The van der Waals surface area contributed by atoms with Gasteiger partial charge in [-0.3, -0.25) is 0 Å². The molecule has 20 heavy (non-hydrogen) atoms. The molecule has 0 radical (unpaired) electrons. The Morgan fingerprint density at radius 3 is 2.65 bits per heavy atom. The summed E-state index contributed by atoms with van der Waals surface area (Å²) in [6, 6.07) is 6.51.